The molecule has 0 bridgehead atoms. The maximum absolute atomic E-state index is 13.7. The van der Waals surface area contributed by atoms with Gasteiger partial charge in [0, 0.05) is 19.1 Å². The fourth-order valence-corrected chi connectivity index (χ4v) is 5.63. The number of carbonyl (C=O) groups excluding carboxylic acids is 1. The Morgan fingerprint density at radius 3 is 2.62 bits per heavy atom. The van der Waals surface area contributed by atoms with Crippen molar-refractivity contribution in [3.63, 3.8) is 0 Å². The molecule has 1 aliphatic heterocycles. The lowest BCUT2D eigenvalue weighted by atomic mass is 9.91. The number of unbranched alkanes of at least 4 members (excludes halogenated alkanes) is 1. The van der Waals surface area contributed by atoms with Gasteiger partial charge in [0.05, 0.1) is 22.0 Å². The van der Waals surface area contributed by atoms with E-state index in [1.807, 2.05) is 48.6 Å². The number of sulfonamides is 1. The number of fused-ring (bicyclic) bond motifs is 2. The van der Waals surface area contributed by atoms with E-state index in [1.54, 1.807) is 13.1 Å². The van der Waals surface area contributed by atoms with Gasteiger partial charge in [0.1, 0.15) is 0 Å². The Morgan fingerprint density at radius 1 is 1.18 bits per heavy atom. The van der Waals surface area contributed by atoms with Crippen molar-refractivity contribution < 1.29 is 13.2 Å². The fourth-order valence-electron chi connectivity index (χ4n) is 3.94. The van der Waals surface area contributed by atoms with Gasteiger partial charge in [-0.05, 0) is 61.9 Å². The molecule has 0 radical (unpaired) electrons. The van der Waals surface area contributed by atoms with Gasteiger partial charge in [0.2, 0.25) is 5.91 Å². The minimum atomic E-state index is -3.73. The Kier molecular flexibility index (Phi) is 8.60. The molecule has 0 aliphatic carbocycles. The molecular formula is C26H34BrN3O3S. The zero-order chi connectivity index (χ0) is 24.9. The molecule has 2 aromatic carbocycles. The number of rotatable bonds is 9. The number of anilines is 1. The topological polar surface area (TPSA) is 78.5 Å². The summed E-state index contributed by atoms with van der Waals surface area (Å²) >= 11 is 3.13. The van der Waals surface area contributed by atoms with Crippen molar-refractivity contribution >= 4 is 43.6 Å². The number of allylic oxidation sites excluding steroid dienone is 1. The van der Waals surface area contributed by atoms with Crippen molar-refractivity contribution in [2.24, 2.45) is 0 Å². The third-order valence-corrected chi connectivity index (χ3v) is 8.63. The highest BCUT2D eigenvalue weighted by Crippen LogP contribution is 2.41. The number of halogens is 1. The van der Waals surface area contributed by atoms with Gasteiger partial charge in [-0.1, -0.05) is 65.3 Å². The Morgan fingerprint density at radius 2 is 1.91 bits per heavy atom. The van der Waals surface area contributed by atoms with Gasteiger partial charge >= 0.3 is 0 Å². The fraction of sp³-hybridized carbons (Fsp3) is 0.423. The molecule has 0 saturated carbocycles. The number of benzene rings is 2. The molecule has 0 fully saturated rings. The number of hydrogen-bond donors (Lipinski definition) is 2. The standard InChI is InChI=1S/C26H34BrN3O3S/c1-5-26(2,3)29-25-20-12-8-9-13-22(20)30(4)34(32,33)23-17-19(14-15-21(23)25)11-7-6-10-16-28-24(31)18-27/h7-9,11-15,17,25,29H,5-6,10,16,18H2,1-4H3,(H,28,31)/b11-7+. The number of para-hydroxylation sites is 1. The SMILES string of the molecule is CCC(C)(C)NC1c2ccccc2N(C)S(=O)(=O)c2cc(/C=C/CCCNC(=O)CBr)ccc21. The molecule has 2 N–H and O–H groups in total. The zero-order valence-corrected chi connectivity index (χ0v) is 22.7. The van der Waals surface area contributed by atoms with Gasteiger partial charge in [0.15, 0.2) is 0 Å². The normalized spacial score (nSPS) is 17.2. The van der Waals surface area contributed by atoms with Crippen LogP contribution in [-0.4, -0.2) is 38.8 Å². The van der Waals surface area contributed by atoms with Gasteiger partial charge in [-0.3, -0.25) is 9.10 Å². The summed E-state index contributed by atoms with van der Waals surface area (Å²) < 4.78 is 28.7. The van der Waals surface area contributed by atoms with Crippen molar-refractivity contribution in [3.05, 3.63) is 65.2 Å². The van der Waals surface area contributed by atoms with Gasteiger partial charge in [0.25, 0.3) is 10.0 Å². The van der Waals surface area contributed by atoms with Crippen molar-refractivity contribution in [2.75, 3.05) is 23.2 Å². The lowest BCUT2D eigenvalue weighted by molar-refractivity contribution is -0.118. The minimum Gasteiger partial charge on any atom is -0.355 e. The highest BCUT2D eigenvalue weighted by Gasteiger charge is 2.36. The lowest BCUT2D eigenvalue weighted by Crippen LogP contribution is -2.41. The van der Waals surface area contributed by atoms with Crippen LogP contribution in [0.3, 0.4) is 0 Å². The van der Waals surface area contributed by atoms with E-state index in [-0.39, 0.29) is 17.5 Å². The second-order valence-electron chi connectivity index (χ2n) is 9.17. The summed E-state index contributed by atoms with van der Waals surface area (Å²) in [5, 5.41) is 6.83. The van der Waals surface area contributed by atoms with Crippen LogP contribution in [0.2, 0.25) is 0 Å². The predicted molar refractivity (Wildman–Crippen MR) is 143 cm³/mol. The van der Waals surface area contributed by atoms with E-state index in [0.29, 0.717) is 22.5 Å². The number of nitrogens with zero attached hydrogens (tertiary/aromatic N) is 1. The van der Waals surface area contributed by atoms with Gasteiger partial charge in [-0.25, -0.2) is 8.42 Å². The van der Waals surface area contributed by atoms with E-state index in [4.69, 9.17) is 0 Å². The molecule has 1 atom stereocenters. The molecule has 0 spiro atoms. The summed E-state index contributed by atoms with van der Waals surface area (Å²) in [7, 11) is -2.11. The molecule has 0 aromatic heterocycles. The molecule has 1 unspecified atom stereocenters. The average molecular weight is 549 g/mol. The molecule has 184 valence electrons. The van der Waals surface area contributed by atoms with E-state index in [0.717, 1.165) is 36.0 Å². The summed E-state index contributed by atoms with van der Waals surface area (Å²) in [6.45, 7) is 7.00. The summed E-state index contributed by atoms with van der Waals surface area (Å²) in [6, 6.07) is 13.1. The summed E-state index contributed by atoms with van der Waals surface area (Å²) in [4.78, 5) is 11.6. The number of nitrogens with one attached hydrogen (secondary N) is 2. The van der Waals surface area contributed by atoms with Crippen LogP contribution < -0.4 is 14.9 Å². The molecule has 1 heterocycles. The van der Waals surface area contributed by atoms with Gasteiger partial charge < -0.3 is 10.6 Å². The predicted octanol–water partition coefficient (Wildman–Crippen LogP) is 5.00. The van der Waals surface area contributed by atoms with Crippen LogP contribution in [0.25, 0.3) is 6.08 Å². The van der Waals surface area contributed by atoms with Crippen LogP contribution in [0.1, 0.15) is 62.8 Å². The Hall–Kier alpha value is -2.16. The smallest absolute Gasteiger partial charge is 0.264 e. The molecule has 6 nitrogen and oxygen atoms in total. The maximum Gasteiger partial charge on any atom is 0.264 e. The minimum absolute atomic E-state index is 0.0283. The molecule has 34 heavy (non-hydrogen) atoms. The van der Waals surface area contributed by atoms with Crippen molar-refractivity contribution in [3.8, 4) is 0 Å². The Bertz CT molecular complexity index is 1160. The van der Waals surface area contributed by atoms with Crippen molar-refractivity contribution in [1.82, 2.24) is 10.6 Å². The van der Waals surface area contributed by atoms with E-state index in [9.17, 15) is 13.2 Å². The molecule has 2 aromatic rings. The largest absolute Gasteiger partial charge is 0.355 e. The molecule has 3 rings (SSSR count). The molecule has 1 amide bonds. The third kappa shape index (κ3) is 5.90. The molecule has 8 heteroatoms. The summed E-state index contributed by atoms with van der Waals surface area (Å²) in [5.41, 5.74) is 3.05. The van der Waals surface area contributed by atoms with E-state index in [2.05, 4.69) is 47.3 Å². The van der Waals surface area contributed by atoms with E-state index >= 15 is 0 Å². The lowest BCUT2D eigenvalue weighted by Gasteiger charge is -2.32. The second kappa shape index (κ2) is 11.1. The number of amides is 1. The van der Waals surface area contributed by atoms with E-state index < -0.39 is 10.0 Å². The monoisotopic (exact) mass is 547 g/mol. The zero-order valence-electron chi connectivity index (χ0n) is 20.3. The molecule has 1 aliphatic rings. The number of hydrogen-bond acceptors (Lipinski definition) is 4. The van der Waals surface area contributed by atoms with Gasteiger partial charge in [-0.15, -0.1) is 0 Å². The molecular weight excluding hydrogens is 514 g/mol. The van der Waals surface area contributed by atoms with Crippen LogP contribution in [0, 0.1) is 0 Å². The van der Waals surface area contributed by atoms with Crippen LogP contribution in [-0.2, 0) is 14.8 Å². The quantitative estimate of drug-likeness (QED) is 0.342. The van der Waals surface area contributed by atoms with Crippen LogP contribution in [0.5, 0.6) is 0 Å². The maximum atomic E-state index is 13.7. The van der Waals surface area contributed by atoms with Crippen molar-refractivity contribution in [2.45, 2.75) is 56.5 Å². The third-order valence-electron chi connectivity index (χ3n) is 6.29. The van der Waals surface area contributed by atoms with Gasteiger partial charge in [-0.2, -0.15) is 0 Å². The number of alkyl halides is 1. The number of carbonyl (C=O) groups is 1. The second-order valence-corrected chi connectivity index (χ2v) is 11.7. The first-order chi connectivity index (χ1) is 16.1. The van der Waals surface area contributed by atoms with Crippen LogP contribution in [0.15, 0.2) is 53.4 Å². The van der Waals surface area contributed by atoms with Crippen LogP contribution >= 0.6 is 15.9 Å². The first-order valence-electron chi connectivity index (χ1n) is 11.6. The molecule has 0 saturated heterocycles. The average Bonchev–Trinajstić information content (AvgIpc) is 2.89. The Balaban J connectivity index is 1.96. The highest BCUT2D eigenvalue weighted by atomic mass is 79.9. The first kappa shape index (κ1) is 26.4. The van der Waals surface area contributed by atoms with E-state index in [1.165, 1.54) is 4.31 Å². The van der Waals surface area contributed by atoms with Crippen molar-refractivity contribution in [1.29, 1.82) is 0 Å². The Labute approximate surface area is 212 Å². The van der Waals surface area contributed by atoms with Crippen LogP contribution in [0.4, 0.5) is 5.69 Å². The first-order valence-corrected chi connectivity index (χ1v) is 14.2. The summed E-state index contributed by atoms with van der Waals surface area (Å²) in [5.74, 6) is -0.0283. The highest BCUT2D eigenvalue weighted by molar-refractivity contribution is 9.09. The summed E-state index contributed by atoms with van der Waals surface area (Å²) in [6.07, 6.45) is 6.46.